The van der Waals surface area contributed by atoms with Crippen LogP contribution in [0, 0.1) is 5.82 Å². The second-order valence-corrected chi connectivity index (χ2v) is 7.02. The summed E-state index contributed by atoms with van der Waals surface area (Å²) in [4.78, 5) is 18.7. The molecule has 0 unspecified atom stereocenters. The van der Waals surface area contributed by atoms with Crippen molar-refractivity contribution in [3.8, 4) is 0 Å². The maximum atomic E-state index is 14.4. The highest BCUT2D eigenvalue weighted by atomic mass is 35.5. The van der Waals surface area contributed by atoms with Crippen LogP contribution in [0.1, 0.15) is 37.2 Å². The van der Waals surface area contributed by atoms with E-state index in [-0.39, 0.29) is 24.3 Å². The molecule has 0 bridgehead atoms. The van der Waals surface area contributed by atoms with E-state index < -0.39 is 0 Å². The first kappa shape index (κ1) is 17.0. The molecule has 6 heteroatoms. The summed E-state index contributed by atoms with van der Waals surface area (Å²) in [7, 11) is 0. The first-order valence-corrected chi connectivity index (χ1v) is 9.09. The molecule has 0 N–H and O–H groups in total. The van der Waals surface area contributed by atoms with Gasteiger partial charge in [-0.15, -0.1) is 0 Å². The lowest BCUT2D eigenvalue weighted by atomic mass is 10.1. The SMILES string of the molecule is CC(=O)N1CCC[C@@H]1c1nc2ccccc2n1Cc1c(F)cccc1Cl. The third-order valence-electron chi connectivity index (χ3n) is 5.02. The zero-order valence-electron chi connectivity index (χ0n) is 14.5. The second kappa shape index (κ2) is 6.72. The normalized spacial score (nSPS) is 17.2. The molecule has 0 radical (unpaired) electrons. The molecule has 1 aliphatic heterocycles. The smallest absolute Gasteiger partial charge is 0.220 e. The maximum Gasteiger partial charge on any atom is 0.220 e. The molecule has 1 fully saturated rings. The van der Waals surface area contributed by atoms with Crippen molar-refractivity contribution < 1.29 is 9.18 Å². The fourth-order valence-electron chi connectivity index (χ4n) is 3.77. The third kappa shape index (κ3) is 2.86. The Morgan fingerprint density at radius 2 is 2.08 bits per heavy atom. The van der Waals surface area contributed by atoms with Gasteiger partial charge in [-0.2, -0.15) is 0 Å². The molecular formula is C20H19ClFN3O. The van der Waals surface area contributed by atoms with Gasteiger partial charge < -0.3 is 9.47 Å². The summed E-state index contributed by atoms with van der Waals surface area (Å²) in [5, 5.41) is 0.392. The molecule has 1 saturated heterocycles. The zero-order valence-corrected chi connectivity index (χ0v) is 15.2. The average molecular weight is 372 g/mol. The van der Waals surface area contributed by atoms with E-state index in [1.54, 1.807) is 19.1 Å². The van der Waals surface area contributed by atoms with Crippen LogP contribution in [-0.4, -0.2) is 26.9 Å². The van der Waals surface area contributed by atoms with Crippen LogP contribution in [0.5, 0.6) is 0 Å². The lowest BCUT2D eigenvalue weighted by Gasteiger charge is -2.24. The van der Waals surface area contributed by atoms with Gasteiger partial charge in [0.2, 0.25) is 5.91 Å². The molecule has 4 rings (SSSR count). The van der Waals surface area contributed by atoms with Crippen LogP contribution in [0.25, 0.3) is 11.0 Å². The van der Waals surface area contributed by atoms with Gasteiger partial charge >= 0.3 is 0 Å². The van der Waals surface area contributed by atoms with Gasteiger partial charge in [0.05, 0.1) is 23.6 Å². The zero-order chi connectivity index (χ0) is 18.3. The molecule has 1 aromatic heterocycles. The molecule has 26 heavy (non-hydrogen) atoms. The van der Waals surface area contributed by atoms with Gasteiger partial charge in [-0.05, 0) is 37.1 Å². The van der Waals surface area contributed by atoms with Crippen LogP contribution >= 0.6 is 11.6 Å². The van der Waals surface area contributed by atoms with Crippen LogP contribution in [0.2, 0.25) is 5.02 Å². The van der Waals surface area contributed by atoms with Crippen LogP contribution in [-0.2, 0) is 11.3 Å². The Hall–Kier alpha value is -2.40. The number of aromatic nitrogens is 2. The van der Waals surface area contributed by atoms with E-state index in [0.29, 0.717) is 10.6 Å². The van der Waals surface area contributed by atoms with Gasteiger partial charge in [0.1, 0.15) is 11.6 Å². The number of hydrogen-bond donors (Lipinski definition) is 0. The third-order valence-corrected chi connectivity index (χ3v) is 5.37. The van der Waals surface area contributed by atoms with E-state index in [2.05, 4.69) is 0 Å². The Kier molecular flexibility index (Phi) is 4.41. The molecule has 0 saturated carbocycles. The molecule has 1 amide bonds. The summed E-state index contributed by atoms with van der Waals surface area (Å²) in [5.74, 6) is 0.490. The van der Waals surface area contributed by atoms with Gasteiger partial charge in [0.15, 0.2) is 0 Å². The summed E-state index contributed by atoms with van der Waals surface area (Å²) < 4.78 is 16.4. The Morgan fingerprint density at radius 1 is 1.27 bits per heavy atom. The second-order valence-electron chi connectivity index (χ2n) is 6.62. The molecule has 2 aromatic carbocycles. The van der Waals surface area contributed by atoms with Crippen molar-refractivity contribution in [1.82, 2.24) is 14.5 Å². The number of carbonyl (C=O) groups is 1. The molecule has 0 aliphatic carbocycles. The number of hydrogen-bond acceptors (Lipinski definition) is 2. The monoisotopic (exact) mass is 371 g/mol. The first-order valence-electron chi connectivity index (χ1n) is 8.71. The highest BCUT2D eigenvalue weighted by molar-refractivity contribution is 6.31. The number of carbonyl (C=O) groups excluding carboxylic acids is 1. The van der Waals surface area contributed by atoms with Crippen LogP contribution in [0.4, 0.5) is 4.39 Å². The predicted molar refractivity (Wildman–Crippen MR) is 99.6 cm³/mol. The highest BCUT2D eigenvalue weighted by Gasteiger charge is 2.32. The molecule has 4 nitrogen and oxygen atoms in total. The quantitative estimate of drug-likeness (QED) is 0.676. The van der Waals surface area contributed by atoms with Crippen molar-refractivity contribution in [2.45, 2.75) is 32.4 Å². The average Bonchev–Trinajstić information content (AvgIpc) is 3.23. The highest BCUT2D eigenvalue weighted by Crippen LogP contribution is 2.34. The van der Waals surface area contributed by atoms with Crippen molar-refractivity contribution in [3.63, 3.8) is 0 Å². The Bertz CT molecular complexity index is 964. The Morgan fingerprint density at radius 3 is 2.85 bits per heavy atom. The summed E-state index contributed by atoms with van der Waals surface area (Å²) in [6.07, 6.45) is 1.79. The van der Waals surface area contributed by atoms with Crippen LogP contribution in [0.3, 0.4) is 0 Å². The minimum atomic E-state index is -0.337. The maximum absolute atomic E-state index is 14.4. The van der Waals surface area contributed by atoms with Gasteiger partial charge in [-0.3, -0.25) is 4.79 Å². The number of benzene rings is 2. The molecule has 0 spiro atoms. The molecular weight excluding hydrogens is 353 g/mol. The minimum Gasteiger partial charge on any atom is -0.333 e. The standard InChI is InChI=1S/C20H19ClFN3O/c1-13(26)24-11-5-10-19(24)20-23-17-8-2-3-9-18(17)25(20)12-14-15(21)6-4-7-16(14)22/h2-4,6-9,19H,5,10-12H2,1H3/t19-/m1/s1. The lowest BCUT2D eigenvalue weighted by Crippen LogP contribution is -2.30. The van der Waals surface area contributed by atoms with E-state index in [1.165, 1.54) is 6.07 Å². The van der Waals surface area contributed by atoms with Gasteiger partial charge in [-0.25, -0.2) is 9.37 Å². The lowest BCUT2D eigenvalue weighted by molar-refractivity contribution is -0.129. The molecule has 1 aliphatic rings. The summed E-state index contributed by atoms with van der Waals surface area (Å²) >= 11 is 6.25. The van der Waals surface area contributed by atoms with Crippen molar-refractivity contribution in [1.29, 1.82) is 0 Å². The van der Waals surface area contributed by atoms with Crippen LogP contribution < -0.4 is 0 Å². The summed E-state index contributed by atoms with van der Waals surface area (Å²) in [6, 6.07) is 12.4. The molecule has 2 heterocycles. The number of nitrogens with zero attached hydrogens (tertiary/aromatic N) is 3. The number of para-hydroxylation sites is 2. The van der Waals surface area contributed by atoms with Gasteiger partial charge in [-0.1, -0.05) is 29.8 Å². The van der Waals surface area contributed by atoms with E-state index in [9.17, 15) is 9.18 Å². The molecule has 1 atom stereocenters. The summed E-state index contributed by atoms with van der Waals surface area (Å²) in [5.41, 5.74) is 2.19. The predicted octanol–water partition coefficient (Wildman–Crippen LogP) is 4.56. The molecule has 134 valence electrons. The van der Waals surface area contributed by atoms with Crippen molar-refractivity contribution in [3.05, 3.63) is 64.7 Å². The van der Waals surface area contributed by atoms with E-state index >= 15 is 0 Å². The van der Waals surface area contributed by atoms with Gasteiger partial charge in [0, 0.05) is 24.1 Å². The fourth-order valence-corrected chi connectivity index (χ4v) is 3.99. The largest absolute Gasteiger partial charge is 0.333 e. The number of fused-ring (bicyclic) bond motifs is 1. The summed E-state index contributed by atoms with van der Waals surface area (Å²) in [6.45, 7) is 2.59. The van der Waals surface area contributed by atoms with E-state index in [0.717, 1.165) is 36.2 Å². The Labute approximate surface area is 156 Å². The fraction of sp³-hybridized carbons (Fsp3) is 0.300. The van der Waals surface area contributed by atoms with E-state index in [1.807, 2.05) is 33.7 Å². The van der Waals surface area contributed by atoms with Crippen molar-refractivity contribution >= 4 is 28.5 Å². The number of amides is 1. The number of likely N-dealkylation sites (tertiary alicyclic amines) is 1. The van der Waals surface area contributed by atoms with E-state index in [4.69, 9.17) is 16.6 Å². The topological polar surface area (TPSA) is 38.1 Å². The minimum absolute atomic E-state index is 0.0371. The number of halogens is 2. The van der Waals surface area contributed by atoms with Crippen molar-refractivity contribution in [2.75, 3.05) is 6.54 Å². The Balaban J connectivity index is 1.86. The molecule has 3 aromatic rings. The number of imidazole rings is 1. The van der Waals surface area contributed by atoms with Crippen molar-refractivity contribution in [2.24, 2.45) is 0 Å². The van der Waals surface area contributed by atoms with Crippen LogP contribution in [0.15, 0.2) is 42.5 Å². The first-order chi connectivity index (χ1) is 12.6. The van der Waals surface area contributed by atoms with Gasteiger partial charge in [0.25, 0.3) is 0 Å². The number of rotatable bonds is 3.